The zero-order chi connectivity index (χ0) is 14.3. The number of fused-ring (bicyclic) bond motifs is 1. The van der Waals surface area contributed by atoms with E-state index in [-0.39, 0.29) is 8.82 Å². The van der Waals surface area contributed by atoms with Gasteiger partial charge in [0.05, 0.1) is 20.4 Å². The molecule has 1 unspecified atom stereocenters. The molecular weight excluding hydrogens is 411 g/mol. The van der Waals surface area contributed by atoms with Crippen LogP contribution in [0, 0.1) is 0 Å². The molecule has 1 aromatic heterocycles. The maximum atomic E-state index is 12.7. The van der Waals surface area contributed by atoms with Gasteiger partial charge in [0.25, 0.3) is 10.0 Å². The van der Waals surface area contributed by atoms with E-state index in [4.69, 9.17) is 11.6 Å². The molecule has 4 nitrogen and oxygen atoms in total. The van der Waals surface area contributed by atoms with Gasteiger partial charge in [-0.15, -0.1) is 0 Å². The Balaban J connectivity index is 2.10. The Morgan fingerprint density at radius 2 is 2.00 bits per heavy atom. The molecule has 0 radical (unpaired) electrons. The summed E-state index contributed by atoms with van der Waals surface area (Å²) in [6, 6.07) is 10.2. The third-order valence-electron chi connectivity index (χ3n) is 3.09. The van der Waals surface area contributed by atoms with Crippen molar-refractivity contribution < 1.29 is 8.42 Å². The third kappa shape index (κ3) is 2.29. The first-order chi connectivity index (χ1) is 9.50. The number of nitrogens with zero attached hydrogens (tertiary/aromatic N) is 2. The first kappa shape index (κ1) is 14.1. The van der Waals surface area contributed by atoms with Crippen molar-refractivity contribution in [1.29, 1.82) is 0 Å². The number of sulfonamides is 1. The molecule has 0 spiro atoms. The van der Waals surface area contributed by atoms with E-state index >= 15 is 0 Å². The van der Waals surface area contributed by atoms with Crippen LogP contribution in [-0.4, -0.2) is 19.9 Å². The predicted octanol–water partition coefficient (Wildman–Crippen LogP) is 3.42. The first-order valence-corrected chi connectivity index (χ1v) is 8.94. The van der Waals surface area contributed by atoms with Crippen molar-refractivity contribution in [3.8, 4) is 0 Å². The van der Waals surface area contributed by atoms with E-state index in [0.29, 0.717) is 17.4 Å². The van der Waals surface area contributed by atoms with Crippen molar-refractivity contribution in [2.75, 3.05) is 10.8 Å². The fraction of sp³-hybridized carbons (Fsp3) is 0.154. The van der Waals surface area contributed by atoms with Crippen molar-refractivity contribution >= 4 is 50.0 Å². The SMILES string of the molecule is O=S(=O)(c1ccccc1)N1CC(I)c2cc(Cl)cnc21. The minimum atomic E-state index is -3.57. The molecule has 0 aliphatic carbocycles. The summed E-state index contributed by atoms with van der Waals surface area (Å²) in [6.07, 6.45) is 1.47. The maximum Gasteiger partial charge on any atom is 0.265 e. The van der Waals surface area contributed by atoms with Crippen molar-refractivity contribution in [3.05, 3.63) is 53.2 Å². The van der Waals surface area contributed by atoms with Gasteiger partial charge in [0.15, 0.2) is 0 Å². The summed E-state index contributed by atoms with van der Waals surface area (Å²) in [5, 5.41) is 0.518. The summed E-state index contributed by atoms with van der Waals surface area (Å²) in [5.74, 6) is 0.470. The molecule has 0 N–H and O–H groups in total. The summed E-state index contributed by atoms with van der Waals surface area (Å²) in [7, 11) is -3.57. The van der Waals surface area contributed by atoms with Crippen LogP contribution < -0.4 is 4.31 Å². The lowest BCUT2D eigenvalue weighted by atomic mass is 10.2. The largest absolute Gasteiger partial charge is 0.265 e. The number of benzene rings is 1. The van der Waals surface area contributed by atoms with Gasteiger partial charge in [0.2, 0.25) is 0 Å². The molecule has 0 amide bonds. The van der Waals surface area contributed by atoms with E-state index in [1.807, 2.05) is 0 Å². The van der Waals surface area contributed by atoms with Crippen LogP contribution in [0.5, 0.6) is 0 Å². The van der Waals surface area contributed by atoms with Gasteiger partial charge >= 0.3 is 0 Å². The molecule has 1 aromatic carbocycles. The molecule has 7 heteroatoms. The van der Waals surface area contributed by atoms with Crippen LogP contribution in [-0.2, 0) is 10.0 Å². The number of pyridine rings is 1. The molecule has 1 aliphatic rings. The van der Waals surface area contributed by atoms with Crippen molar-refractivity contribution in [2.45, 2.75) is 8.82 Å². The number of alkyl halides is 1. The van der Waals surface area contributed by atoms with Crippen molar-refractivity contribution in [1.82, 2.24) is 4.98 Å². The van der Waals surface area contributed by atoms with E-state index < -0.39 is 10.0 Å². The highest BCUT2D eigenvalue weighted by Crippen LogP contribution is 2.42. The molecular formula is C13H10ClIN2O2S. The standard InChI is InChI=1S/C13H10ClIN2O2S/c14-9-6-11-12(15)8-17(13(11)16-7-9)20(18,19)10-4-2-1-3-5-10/h1-7,12H,8H2. The zero-order valence-electron chi connectivity index (χ0n) is 10.2. The summed E-state index contributed by atoms with van der Waals surface area (Å²) < 4.78 is 26.8. The second-order valence-electron chi connectivity index (χ2n) is 4.38. The maximum absolute atomic E-state index is 12.7. The van der Waals surface area contributed by atoms with E-state index in [1.165, 1.54) is 10.5 Å². The molecule has 0 saturated carbocycles. The average molecular weight is 421 g/mol. The van der Waals surface area contributed by atoms with Crippen LogP contribution in [0.1, 0.15) is 9.49 Å². The molecule has 104 valence electrons. The van der Waals surface area contributed by atoms with Crippen LogP contribution in [0.3, 0.4) is 0 Å². The van der Waals surface area contributed by atoms with Gasteiger partial charge in [-0.05, 0) is 18.2 Å². The number of anilines is 1. The fourth-order valence-electron chi connectivity index (χ4n) is 2.15. The zero-order valence-corrected chi connectivity index (χ0v) is 13.9. The molecule has 20 heavy (non-hydrogen) atoms. The Labute approximate surface area is 136 Å². The molecule has 0 bridgehead atoms. The van der Waals surface area contributed by atoms with E-state index in [1.54, 1.807) is 36.4 Å². The minimum Gasteiger partial charge on any atom is -0.248 e. The minimum absolute atomic E-state index is 0.0484. The quantitative estimate of drug-likeness (QED) is 0.552. The van der Waals surface area contributed by atoms with E-state index in [0.717, 1.165) is 5.56 Å². The van der Waals surface area contributed by atoms with Gasteiger partial charge in [0, 0.05) is 11.8 Å². The third-order valence-corrected chi connectivity index (χ3v) is 6.13. The van der Waals surface area contributed by atoms with Crippen molar-refractivity contribution in [2.24, 2.45) is 0 Å². The molecule has 2 aromatic rings. The normalized spacial score (nSPS) is 18.1. The van der Waals surface area contributed by atoms with Gasteiger partial charge in [-0.25, -0.2) is 17.7 Å². The number of aromatic nitrogens is 1. The van der Waals surface area contributed by atoms with E-state index in [2.05, 4.69) is 27.6 Å². The highest BCUT2D eigenvalue weighted by Gasteiger charge is 2.36. The molecule has 1 aliphatic heterocycles. The summed E-state index contributed by atoms with van der Waals surface area (Å²) in [6.45, 7) is 0.375. The summed E-state index contributed by atoms with van der Waals surface area (Å²) in [4.78, 5) is 4.46. The van der Waals surface area contributed by atoms with Gasteiger partial charge in [-0.1, -0.05) is 52.4 Å². The second-order valence-corrected chi connectivity index (χ2v) is 8.19. The molecule has 3 rings (SSSR count). The van der Waals surface area contributed by atoms with Crippen molar-refractivity contribution in [3.63, 3.8) is 0 Å². The molecule has 1 atom stereocenters. The number of halogens is 2. The lowest BCUT2D eigenvalue weighted by Gasteiger charge is -2.18. The summed E-state index contributed by atoms with van der Waals surface area (Å²) >= 11 is 8.14. The van der Waals surface area contributed by atoms with Crippen LogP contribution in [0.15, 0.2) is 47.5 Å². The summed E-state index contributed by atoms with van der Waals surface area (Å²) in [5.41, 5.74) is 0.859. The molecule has 2 heterocycles. The number of hydrogen-bond donors (Lipinski definition) is 0. The lowest BCUT2D eigenvalue weighted by molar-refractivity contribution is 0.592. The number of rotatable bonds is 2. The van der Waals surface area contributed by atoms with Crippen LogP contribution in [0.25, 0.3) is 0 Å². The van der Waals surface area contributed by atoms with Gasteiger partial charge in [-0.2, -0.15) is 0 Å². The van der Waals surface area contributed by atoms with Gasteiger partial charge in [-0.3, -0.25) is 0 Å². The highest BCUT2D eigenvalue weighted by atomic mass is 127. The Bertz CT molecular complexity index is 752. The Hall–Kier alpha value is -0.860. The number of hydrogen-bond acceptors (Lipinski definition) is 3. The average Bonchev–Trinajstić information content (AvgIpc) is 2.77. The Kier molecular flexibility index (Phi) is 3.64. The Morgan fingerprint density at radius 3 is 2.70 bits per heavy atom. The Morgan fingerprint density at radius 1 is 1.30 bits per heavy atom. The molecule has 0 saturated heterocycles. The fourth-order valence-corrected chi connectivity index (χ4v) is 4.92. The van der Waals surface area contributed by atoms with Crippen LogP contribution >= 0.6 is 34.2 Å². The predicted molar refractivity (Wildman–Crippen MR) is 87.0 cm³/mol. The lowest BCUT2D eigenvalue weighted by Crippen LogP contribution is -2.29. The van der Waals surface area contributed by atoms with E-state index in [9.17, 15) is 8.42 Å². The second kappa shape index (κ2) is 5.16. The van der Waals surface area contributed by atoms with Gasteiger partial charge in [0.1, 0.15) is 5.82 Å². The smallest absolute Gasteiger partial charge is 0.248 e. The van der Waals surface area contributed by atoms with Crippen LogP contribution in [0.2, 0.25) is 5.02 Å². The van der Waals surface area contributed by atoms with Crippen LogP contribution in [0.4, 0.5) is 5.82 Å². The van der Waals surface area contributed by atoms with Gasteiger partial charge < -0.3 is 0 Å². The first-order valence-electron chi connectivity index (χ1n) is 5.87. The topological polar surface area (TPSA) is 50.3 Å². The highest BCUT2D eigenvalue weighted by molar-refractivity contribution is 14.1. The molecule has 0 fully saturated rings. The monoisotopic (exact) mass is 420 g/mol.